The molecule has 0 unspecified atom stereocenters. The third kappa shape index (κ3) is 1.11. The molecule has 0 atom stereocenters. The van der Waals surface area contributed by atoms with Crippen molar-refractivity contribution in [2.75, 3.05) is 0 Å². The summed E-state index contributed by atoms with van der Waals surface area (Å²) in [5.41, 5.74) is 0.937. The lowest BCUT2D eigenvalue weighted by Gasteiger charge is -1.90. The molecule has 4 heteroatoms. The van der Waals surface area contributed by atoms with Crippen LogP contribution >= 0.6 is 22.9 Å². The first-order valence-corrected chi connectivity index (χ1v) is 4.03. The number of nitrogens with zero attached hydrogens (tertiary/aromatic N) is 2. The molecule has 2 nitrogen and oxygen atoms in total. The maximum absolute atomic E-state index is 12.6. The van der Waals surface area contributed by atoms with E-state index in [0.29, 0.717) is 0 Å². The van der Waals surface area contributed by atoms with Gasteiger partial charge in [0.15, 0.2) is 0 Å². The van der Waals surface area contributed by atoms with E-state index in [-0.39, 0.29) is 5.82 Å². The Morgan fingerprint density at radius 2 is 2.27 bits per heavy atom. The Balaban J connectivity index is 2.86. The van der Waals surface area contributed by atoms with Gasteiger partial charge in [-0.1, -0.05) is 0 Å². The largest absolute Gasteiger partial charge is 0.207 e. The van der Waals surface area contributed by atoms with E-state index in [1.807, 2.05) is 22.9 Å². The molecule has 0 aliphatic rings. The number of hydrogen-bond acceptors (Lipinski definition) is 1. The van der Waals surface area contributed by atoms with Crippen LogP contribution in [0.4, 0.5) is 4.39 Å². The third-order valence-electron chi connectivity index (χ3n) is 1.49. The van der Waals surface area contributed by atoms with Gasteiger partial charge in [-0.15, -0.1) is 0 Å². The SMILES string of the molecule is Fc1ccc2c(cnn2I)c1. The van der Waals surface area contributed by atoms with Crippen molar-refractivity contribution in [3.63, 3.8) is 0 Å². The average Bonchev–Trinajstić information content (AvgIpc) is 2.32. The summed E-state index contributed by atoms with van der Waals surface area (Å²) in [6.45, 7) is 0. The highest BCUT2D eigenvalue weighted by atomic mass is 127. The van der Waals surface area contributed by atoms with E-state index < -0.39 is 0 Å². The second-order valence-corrected chi connectivity index (χ2v) is 3.12. The van der Waals surface area contributed by atoms with Crippen LogP contribution in [0.5, 0.6) is 0 Å². The van der Waals surface area contributed by atoms with Crippen LogP contribution in [0, 0.1) is 5.82 Å². The highest BCUT2D eigenvalue weighted by Gasteiger charge is 1.99. The predicted molar refractivity (Wildman–Crippen MR) is 49.1 cm³/mol. The van der Waals surface area contributed by atoms with E-state index in [4.69, 9.17) is 0 Å². The molecule has 1 aromatic heterocycles. The Morgan fingerprint density at radius 1 is 1.45 bits per heavy atom. The molecule has 0 N–H and O–H groups in total. The van der Waals surface area contributed by atoms with Gasteiger partial charge in [0.2, 0.25) is 0 Å². The first-order valence-electron chi connectivity index (χ1n) is 3.07. The zero-order valence-electron chi connectivity index (χ0n) is 5.46. The number of hydrogen-bond donors (Lipinski definition) is 0. The van der Waals surface area contributed by atoms with E-state index in [0.717, 1.165) is 10.9 Å². The molecule has 0 bridgehead atoms. The summed E-state index contributed by atoms with van der Waals surface area (Å²) in [6.07, 6.45) is 1.64. The summed E-state index contributed by atoms with van der Waals surface area (Å²) in [4.78, 5) is 0. The minimum Gasteiger partial charge on any atom is -0.207 e. The van der Waals surface area contributed by atoms with Crippen molar-refractivity contribution < 1.29 is 4.39 Å². The normalized spacial score (nSPS) is 10.7. The van der Waals surface area contributed by atoms with Gasteiger partial charge in [0, 0.05) is 5.39 Å². The molecule has 0 saturated carbocycles. The molecule has 0 radical (unpaired) electrons. The molecule has 2 aromatic rings. The zero-order chi connectivity index (χ0) is 7.84. The fraction of sp³-hybridized carbons (Fsp3) is 0. The molecule has 1 heterocycles. The number of fused-ring (bicyclic) bond motifs is 1. The van der Waals surface area contributed by atoms with E-state index >= 15 is 0 Å². The van der Waals surface area contributed by atoms with E-state index in [2.05, 4.69) is 5.10 Å². The predicted octanol–water partition coefficient (Wildman–Crippen LogP) is 2.37. The number of aromatic nitrogens is 2. The van der Waals surface area contributed by atoms with Crippen molar-refractivity contribution in [3.8, 4) is 0 Å². The lowest BCUT2D eigenvalue weighted by atomic mass is 10.2. The van der Waals surface area contributed by atoms with Crippen LogP contribution in [0.2, 0.25) is 0 Å². The molecule has 0 amide bonds. The van der Waals surface area contributed by atoms with Gasteiger partial charge in [0.1, 0.15) is 5.82 Å². The molecule has 2 rings (SSSR count). The average molecular weight is 262 g/mol. The monoisotopic (exact) mass is 262 g/mol. The van der Waals surface area contributed by atoms with Gasteiger partial charge in [0.05, 0.1) is 34.6 Å². The topological polar surface area (TPSA) is 17.8 Å². The summed E-state index contributed by atoms with van der Waals surface area (Å²) < 4.78 is 14.3. The van der Waals surface area contributed by atoms with Crippen molar-refractivity contribution in [3.05, 3.63) is 30.2 Å². The molecular formula is C7H4FIN2. The van der Waals surface area contributed by atoms with E-state index in [1.54, 1.807) is 15.2 Å². The Kier molecular flexibility index (Phi) is 1.56. The van der Waals surface area contributed by atoms with Crippen molar-refractivity contribution in [2.45, 2.75) is 0 Å². The van der Waals surface area contributed by atoms with Gasteiger partial charge >= 0.3 is 0 Å². The lowest BCUT2D eigenvalue weighted by Crippen LogP contribution is -1.79. The molecule has 1 aromatic carbocycles. The lowest BCUT2D eigenvalue weighted by molar-refractivity contribution is 0.629. The van der Waals surface area contributed by atoms with Crippen LogP contribution in [0.1, 0.15) is 0 Å². The van der Waals surface area contributed by atoms with Crippen LogP contribution in [0.3, 0.4) is 0 Å². The van der Waals surface area contributed by atoms with Crippen LogP contribution in [0.15, 0.2) is 24.4 Å². The van der Waals surface area contributed by atoms with E-state index in [9.17, 15) is 4.39 Å². The second-order valence-electron chi connectivity index (χ2n) is 2.21. The van der Waals surface area contributed by atoms with Gasteiger partial charge in [0.25, 0.3) is 0 Å². The molecule has 0 aliphatic heterocycles. The minimum atomic E-state index is -0.220. The van der Waals surface area contributed by atoms with Crippen LogP contribution in [-0.4, -0.2) is 7.99 Å². The Labute approximate surface area is 76.5 Å². The van der Waals surface area contributed by atoms with Crippen molar-refractivity contribution in [1.82, 2.24) is 7.99 Å². The van der Waals surface area contributed by atoms with Crippen molar-refractivity contribution in [1.29, 1.82) is 0 Å². The van der Waals surface area contributed by atoms with Crippen molar-refractivity contribution >= 4 is 33.8 Å². The Morgan fingerprint density at radius 3 is 3.09 bits per heavy atom. The molecular weight excluding hydrogens is 258 g/mol. The van der Waals surface area contributed by atoms with Crippen LogP contribution in [0.25, 0.3) is 10.9 Å². The first-order chi connectivity index (χ1) is 5.27. The molecule has 0 fully saturated rings. The highest BCUT2D eigenvalue weighted by Crippen LogP contribution is 2.16. The summed E-state index contributed by atoms with van der Waals surface area (Å²) in [5, 5.41) is 4.81. The van der Waals surface area contributed by atoms with Gasteiger partial charge in [-0.3, -0.25) is 0 Å². The zero-order valence-corrected chi connectivity index (χ0v) is 7.62. The van der Waals surface area contributed by atoms with E-state index in [1.165, 1.54) is 12.1 Å². The molecule has 56 valence electrons. The Bertz CT molecular complexity index is 396. The van der Waals surface area contributed by atoms with Gasteiger partial charge in [-0.25, -0.2) is 7.29 Å². The summed E-state index contributed by atoms with van der Waals surface area (Å²) in [7, 11) is 0. The summed E-state index contributed by atoms with van der Waals surface area (Å²) >= 11 is 2.05. The molecule has 11 heavy (non-hydrogen) atoms. The first kappa shape index (κ1) is 7.02. The summed E-state index contributed by atoms with van der Waals surface area (Å²) in [6, 6.07) is 4.61. The number of benzene rings is 1. The smallest absolute Gasteiger partial charge is 0.124 e. The molecule has 0 aliphatic carbocycles. The van der Waals surface area contributed by atoms with Gasteiger partial charge < -0.3 is 0 Å². The fourth-order valence-electron chi connectivity index (χ4n) is 0.972. The maximum atomic E-state index is 12.6. The third-order valence-corrected chi connectivity index (χ3v) is 2.26. The highest BCUT2D eigenvalue weighted by molar-refractivity contribution is 14.1. The summed E-state index contributed by atoms with van der Waals surface area (Å²) in [5.74, 6) is -0.220. The molecule has 0 spiro atoms. The quantitative estimate of drug-likeness (QED) is 0.666. The second kappa shape index (κ2) is 2.44. The van der Waals surface area contributed by atoms with Crippen LogP contribution in [-0.2, 0) is 0 Å². The Hall–Kier alpha value is -0.650. The van der Waals surface area contributed by atoms with Gasteiger partial charge in [-0.2, -0.15) is 5.10 Å². The number of rotatable bonds is 0. The van der Waals surface area contributed by atoms with Gasteiger partial charge in [-0.05, 0) is 18.2 Å². The minimum absolute atomic E-state index is 0.220. The fourth-order valence-corrected chi connectivity index (χ4v) is 1.54. The standard InChI is InChI=1S/C7H4FIN2/c8-6-1-2-7-5(3-6)4-10-11(7)9/h1-4H. The van der Waals surface area contributed by atoms with Crippen LogP contribution < -0.4 is 0 Å². The molecule has 0 saturated heterocycles. The maximum Gasteiger partial charge on any atom is 0.124 e. The number of halogens is 2. The van der Waals surface area contributed by atoms with Crippen molar-refractivity contribution in [2.24, 2.45) is 0 Å².